The van der Waals surface area contributed by atoms with Gasteiger partial charge in [0.05, 0.1) is 15.6 Å². The van der Waals surface area contributed by atoms with Crippen molar-refractivity contribution in [3.8, 4) is 5.75 Å². The number of carbonyl (C=O) groups is 1. The van der Waals surface area contributed by atoms with Crippen molar-refractivity contribution in [2.75, 3.05) is 6.61 Å². The molecule has 6 heteroatoms. The van der Waals surface area contributed by atoms with Crippen molar-refractivity contribution in [1.82, 2.24) is 0 Å². The fourth-order valence-electron chi connectivity index (χ4n) is 1.40. The molecule has 0 aliphatic carbocycles. The van der Waals surface area contributed by atoms with Gasteiger partial charge in [-0.1, -0.05) is 15.9 Å². The van der Waals surface area contributed by atoms with Gasteiger partial charge in [0, 0.05) is 10.9 Å². The number of unbranched alkanes of at least 4 members (excludes halogenated alkanes) is 2. The summed E-state index contributed by atoms with van der Waals surface area (Å²) in [5.41, 5.74) is 0. The second-order valence-electron chi connectivity index (χ2n) is 3.75. The van der Waals surface area contributed by atoms with Crippen molar-refractivity contribution in [2.24, 2.45) is 0 Å². The third kappa shape index (κ3) is 5.71. The van der Waals surface area contributed by atoms with Crippen LogP contribution in [0.4, 0.5) is 0 Å². The number of carboxylic acids is 1. The van der Waals surface area contributed by atoms with Crippen LogP contribution in [-0.4, -0.2) is 17.7 Å². The number of hydrogen-bond acceptors (Lipinski definition) is 2. The minimum atomic E-state index is -0.741. The first-order chi connectivity index (χ1) is 8.50. The first-order valence-corrected chi connectivity index (χ1v) is 7.87. The molecule has 0 radical (unpaired) electrons. The van der Waals surface area contributed by atoms with Crippen molar-refractivity contribution in [3.63, 3.8) is 0 Å². The van der Waals surface area contributed by atoms with Gasteiger partial charge in [0.15, 0.2) is 0 Å². The quantitative estimate of drug-likeness (QED) is 0.602. The first kappa shape index (κ1) is 16.0. The molecule has 18 heavy (non-hydrogen) atoms. The van der Waals surface area contributed by atoms with E-state index >= 15 is 0 Å². The predicted octanol–water partition coefficient (Wildman–Crippen LogP) is 5.00. The van der Waals surface area contributed by atoms with Gasteiger partial charge >= 0.3 is 5.97 Å². The summed E-state index contributed by atoms with van der Waals surface area (Å²) in [5.74, 6) is 0.0331. The highest BCUT2D eigenvalue weighted by molar-refractivity contribution is 9.11. The van der Waals surface area contributed by atoms with Crippen LogP contribution in [0.2, 0.25) is 0 Å². The zero-order valence-electron chi connectivity index (χ0n) is 9.59. The highest BCUT2D eigenvalue weighted by atomic mass is 79.9. The minimum absolute atomic E-state index is 0.228. The van der Waals surface area contributed by atoms with Gasteiger partial charge in [-0.15, -0.1) is 0 Å². The molecule has 0 bridgehead atoms. The normalized spacial score (nSPS) is 10.4. The zero-order valence-corrected chi connectivity index (χ0v) is 14.3. The van der Waals surface area contributed by atoms with E-state index in [0.29, 0.717) is 13.0 Å². The number of hydrogen-bond donors (Lipinski definition) is 1. The smallest absolute Gasteiger partial charge is 0.303 e. The molecule has 0 heterocycles. The SMILES string of the molecule is O=C(O)CCCCCOc1c(Br)cc(Br)cc1Br. The zero-order chi connectivity index (χ0) is 13.5. The van der Waals surface area contributed by atoms with Crippen LogP contribution in [0.1, 0.15) is 25.7 Å². The summed E-state index contributed by atoms with van der Waals surface area (Å²) in [6, 6.07) is 3.84. The average molecular weight is 445 g/mol. The fourth-order valence-corrected chi connectivity index (χ4v) is 3.88. The Labute approximate surface area is 131 Å². The van der Waals surface area contributed by atoms with E-state index in [2.05, 4.69) is 47.8 Å². The van der Waals surface area contributed by atoms with E-state index in [1.807, 2.05) is 12.1 Å². The van der Waals surface area contributed by atoms with Gasteiger partial charge in [-0.05, 0) is 63.3 Å². The van der Waals surface area contributed by atoms with Gasteiger partial charge in [0.1, 0.15) is 5.75 Å². The van der Waals surface area contributed by atoms with Gasteiger partial charge in [-0.2, -0.15) is 0 Å². The van der Waals surface area contributed by atoms with E-state index in [1.165, 1.54) is 0 Å². The Morgan fingerprint density at radius 1 is 1.11 bits per heavy atom. The van der Waals surface area contributed by atoms with Gasteiger partial charge < -0.3 is 9.84 Å². The second-order valence-corrected chi connectivity index (χ2v) is 6.38. The fraction of sp³-hybridized carbons (Fsp3) is 0.417. The number of aliphatic carboxylic acids is 1. The topological polar surface area (TPSA) is 46.5 Å². The van der Waals surface area contributed by atoms with Crippen molar-refractivity contribution in [3.05, 3.63) is 25.6 Å². The maximum atomic E-state index is 10.3. The molecule has 0 spiro atoms. The molecule has 0 aliphatic heterocycles. The Morgan fingerprint density at radius 3 is 2.28 bits per heavy atom. The van der Waals surface area contributed by atoms with E-state index in [0.717, 1.165) is 32.0 Å². The van der Waals surface area contributed by atoms with E-state index in [9.17, 15) is 4.79 Å². The Hall–Kier alpha value is -0.0700. The minimum Gasteiger partial charge on any atom is -0.491 e. The number of carboxylic acid groups (broad SMARTS) is 1. The van der Waals surface area contributed by atoms with Gasteiger partial charge in [-0.25, -0.2) is 0 Å². The number of benzene rings is 1. The molecule has 0 saturated carbocycles. The van der Waals surface area contributed by atoms with Crippen molar-refractivity contribution >= 4 is 53.8 Å². The van der Waals surface area contributed by atoms with E-state index < -0.39 is 5.97 Å². The highest BCUT2D eigenvalue weighted by Crippen LogP contribution is 2.36. The molecule has 0 amide bonds. The van der Waals surface area contributed by atoms with Crippen LogP contribution < -0.4 is 4.74 Å². The third-order valence-corrected chi connectivity index (χ3v) is 3.88. The molecule has 1 aromatic rings. The lowest BCUT2D eigenvalue weighted by atomic mass is 10.2. The summed E-state index contributed by atoms with van der Waals surface area (Å²) in [4.78, 5) is 10.3. The molecule has 100 valence electrons. The molecule has 0 fully saturated rings. The molecular formula is C12H13Br3O3. The maximum absolute atomic E-state index is 10.3. The molecule has 1 rings (SSSR count). The molecule has 0 atom stereocenters. The van der Waals surface area contributed by atoms with E-state index in [4.69, 9.17) is 9.84 Å². The molecule has 3 nitrogen and oxygen atoms in total. The summed E-state index contributed by atoms with van der Waals surface area (Å²) in [6.45, 7) is 0.582. The van der Waals surface area contributed by atoms with Crippen LogP contribution in [0.3, 0.4) is 0 Å². The number of ether oxygens (including phenoxy) is 1. The lowest BCUT2D eigenvalue weighted by molar-refractivity contribution is -0.137. The van der Waals surface area contributed by atoms with Crippen LogP contribution in [0.15, 0.2) is 25.6 Å². The summed E-state index contributed by atoms with van der Waals surface area (Å²) < 4.78 is 8.40. The lowest BCUT2D eigenvalue weighted by Crippen LogP contribution is -2.00. The summed E-state index contributed by atoms with van der Waals surface area (Å²) in [5, 5.41) is 8.50. The van der Waals surface area contributed by atoms with Crippen LogP contribution in [0.25, 0.3) is 0 Å². The standard InChI is InChI=1S/C12H13Br3O3/c13-8-6-9(14)12(10(15)7-8)18-5-3-1-2-4-11(16)17/h6-7H,1-5H2,(H,16,17). The summed E-state index contributed by atoms with van der Waals surface area (Å²) >= 11 is 10.3. The van der Waals surface area contributed by atoms with Gasteiger partial charge in [0.2, 0.25) is 0 Å². The summed E-state index contributed by atoms with van der Waals surface area (Å²) in [7, 11) is 0. The van der Waals surface area contributed by atoms with Crippen molar-refractivity contribution < 1.29 is 14.6 Å². The number of halogens is 3. The Kier molecular flexibility index (Phi) is 7.26. The Morgan fingerprint density at radius 2 is 1.72 bits per heavy atom. The third-order valence-electron chi connectivity index (χ3n) is 2.24. The van der Waals surface area contributed by atoms with Crippen molar-refractivity contribution in [2.45, 2.75) is 25.7 Å². The molecular weight excluding hydrogens is 432 g/mol. The largest absolute Gasteiger partial charge is 0.491 e. The molecule has 0 aliphatic rings. The van der Waals surface area contributed by atoms with Gasteiger partial charge in [0.25, 0.3) is 0 Å². The Balaban J connectivity index is 2.33. The monoisotopic (exact) mass is 442 g/mol. The molecule has 0 unspecified atom stereocenters. The first-order valence-electron chi connectivity index (χ1n) is 5.50. The maximum Gasteiger partial charge on any atom is 0.303 e. The van der Waals surface area contributed by atoms with E-state index in [1.54, 1.807) is 0 Å². The van der Waals surface area contributed by atoms with E-state index in [-0.39, 0.29) is 6.42 Å². The molecule has 0 saturated heterocycles. The average Bonchev–Trinajstić information content (AvgIpc) is 2.25. The van der Waals surface area contributed by atoms with Crippen LogP contribution in [0, 0.1) is 0 Å². The number of rotatable bonds is 7. The molecule has 1 aromatic carbocycles. The molecule has 0 aromatic heterocycles. The highest BCUT2D eigenvalue weighted by Gasteiger charge is 2.07. The van der Waals surface area contributed by atoms with Crippen LogP contribution in [0.5, 0.6) is 5.75 Å². The predicted molar refractivity (Wildman–Crippen MR) is 81.1 cm³/mol. The second kappa shape index (κ2) is 8.17. The van der Waals surface area contributed by atoms with Crippen LogP contribution in [-0.2, 0) is 4.79 Å². The van der Waals surface area contributed by atoms with Gasteiger partial charge in [-0.3, -0.25) is 4.79 Å². The van der Waals surface area contributed by atoms with Crippen molar-refractivity contribution in [1.29, 1.82) is 0 Å². The summed E-state index contributed by atoms with van der Waals surface area (Å²) in [6.07, 6.45) is 2.63. The Bertz CT molecular complexity index is 398. The van der Waals surface area contributed by atoms with Crippen LogP contribution >= 0.6 is 47.8 Å². The lowest BCUT2D eigenvalue weighted by Gasteiger charge is -2.10. The molecule has 1 N–H and O–H groups in total.